The lowest BCUT2D eigenvalue weighted by molar-refractivity contribution is 0.0697. The van der Waals surface area contributed by atoms with E-state index in [9.17, 15) is 19.4 Å². The van der Waals surface area contributed by atoms with Crippen molar-refractivity contribution in [2.75, 3.05) is 28.6 Å². The van der Waals surface area contributed by atoms with Crippen LogP contribution in [-0.2, 0) is 0 Å². The molecule has 0 aromatic heterocycles. The number of anilines is 3. The number of aryl methyl sites for hydroxylation is 1. The van der Waals surface area contributed by atoms with E-state index in [0.717, 1.165) is 24.3 Å². The first-order chi connectivity index (χ1) is 17.0. The Balaban J connectivity index is 2.07. The highest BCUT2D eigenvalue weighted by molar-refractivity contribution is 5.97. The maximum atomic E-state index is 14.2. The maximum absolute atomic E-state index is 14.2. The Morgan fingerprint density at radius 2 is 1.56 bits per heavy atom. The summed E-state index contributed by atoms with van der Waals surface area (Å²) >= 11 is 0. The Hall–Kier alpha value is -3.58. The third-order valence-electron chi connectivity index (χ3n) is 5.68. The topological polar surface area (TPSA) is 84.8 Å². The molecule has 0 saturated carbocycles. The van der Waals surface area contributed by atoms with Crippen LogP contribution < -0.4 is 15.5 Å². The summed E-state index contributed by atoms with van der Waals surface area (Å²) in [4.78, 5) is 14.2. The average Bonchev–Trinajstić information content (AvgIpc) is 2.79. The molecule has 0 spiro atoms. The number of nitrogens with one attached hydrogen (secondary N) is 2. The number of aliphatic hydroxyl groups excluding tert-OH is 1. The molecule has 1 atom stereocenters. The number of aromatic carboxylic acids is 1. The third kappa shape index (κ3) is 6.98. The summed E-state index contributed by atoms with van der Waals surface area (Å²) in [5.41, 5.74) is 4.09. The summed E-state index contributed by atoms with van der Waals surface area (Å²) < 4.78 is 14.2. The lowest BCUT2D eigenvalue weighted by Gasteiger charge is -2.31. The molecule has 6 nitrogen and oxygen atoms in total. The third-order valence-corrected chi connectivity index (χ3v) is 5.68. The van der Waals surface area contributed by atoms with Crippen LogP contribution in [-0.4, -0.2) is 35.6 Å². The molecule has 4 N–H and O–H groups in total. The summed E-state index contributed by atoms with van der Waals surface area (Å²) in [5, 5.41) is 26.4. The van der Waals surface area contributed by atoms with E-state index in [1.165, 1.54) is 6.07 Å². The number of benzene rings is 3. The molecular formula is C29H36FN3O3. The first kappa shape index (κ1) is 27.0. The molecule has 0 aliphatic rings. The van der Waals surface area contributed by atoms with Crippen molar-refractivity contribution in [2.45, 2.75) is 41.0 Å². The molecule has 7 heteroatoms. The van der Waals surface area contributed by atoms with Crippen molar-refractivity contribution < 1.29 is 19.4 Å². The SMILES string of the molecule is Cc1ccc(C(=O)O)c(-c2ccc(N(CC(C)C)CC(C)C)c(NC(O)Nc3ccccc3F)c2)c1. The summed E-state index contributed by atoms with van der Waals surface area (Å²) in [6, 6.07) is 17.1. The number of hydrogen-bond acceptors (Lipinski definition) is 5. The number of carbonyl (C=O) groups is 1. The van der Waals surface area contributed by atoms with Crippen LogP contribution in [0.2, 0.25) is 0 Å². The van der Waals surface area contributed by atoms with Crippen molar-refractivity contribution in [3.8, 4) is 11.1 Å². The fourth-order valence-corrected chi connectivity index (χ4v) is 4.24. The Labute approximate surface area is 212 Å². The molecule has 0 amide bonds. The Kier molecular flexibility index (Phi) is 8.93. The van der Waals surface area contributed by atoms with E-state index in [1.807, 2.05) is 31.2 Å². The number of aliphatic hydroxyl groups is 1. The van der Waals surface area contributed by atoms with Crippen molar-refractivity contribution in [1.82, 2.24) is 0 Å². The smallest absolute Gasteiger partial charge is 0.336 e. The predicted octanol–water partition coefficient (Wildman–Crippen LogP) is 6.42. The van der Waals surface area contributed by atoms with Crippen LogP contribution in [0.3, 0.4) is 0 Å². The van der Waals surface area contributed by atoms with Gasteiger partial charge in [0.05, 0.1) is 22.6 Å². The monoisotopic (exact) mass is 493 g/mol. The van der Waals surface area contributed by atoms with Gasteiger partial charge in [-0.05, 0) is 60.2 Å². The first-order valence-corrected chi connectivity index (χ1v) is 12.2. The lowest BCUT2D eigenvalue weighted by Crippen LogP contribution is -2.34. The second kappa shape index (κ2) is 11.9. The average molecular weight is 494 g/mol. The molecule has 0 radical (unpaired) electrons. The molecule has 0 heterocycles. The van der Waals surface area contributed by atoms with Crippen molar-refractivity contribution >= 4 is 23.0 Å². The van der Waals surface area contributed by atoms with Crippen molar-refractivity contribution in [3.05, 3.63) is 77.6 Å². The summed E-state index contributed by atoms with van der Waals surface area (Å²) in [6.07, 6.45) is -1.28. The number of carboxylic acid groups (broad SMARTS) is 1. The molecule has 1 unspecified atom stereocenters. The highest BCUT2D eigenvalue weighted by atomic mass is 19.1. The van der Waals surface area contributed by atoms with Gasteiger partial charge < -0.3 is 25.7 Å². The van der Waals surface area contributed by atoms with Gasteiger partial charge in [0, 0.05) is 13.1 Å². The number of halogens is 1. The van der Waals surface area contributed by atoms with Crippen molar-refractivity contribution in [1.29, 1.82) is 0 Å². The van der Waals surface area contributed by atoms with E-state index in [1.54, 1.807) is 30.3 Å². The largest absolute Gasteiger partial charge is 0.478 e. The molecule has 3 rings (SSSR count). The van der Waals surface area contributed by atoms with Crippen molar-refractivity contribution in [2.24, 2.45) is 11.8 Å². The van der Waals surface area contributed by atoms with Crippen LogP contribution in [0.15, 0.2) is 60.7 Å². The van der Waals surface area contributed by atoms with Crippen LogP contribution in [0.25, 0.3) is 11.1 Å². The molecule has 0 aliphatic heterocycles. The normalized spacial score (nSPS) is 12.0. The molecule has 3 aromatic rings. The second-order valence-electron chi connectivity index (χ2n) is 9.95. The molecular weight excluding hydrogens is 457 g/mol. The first-order valence-electron chi connectivity index (χ1n) is 12.2. The minimum atomic E-state index is -1.28. The van der Waals surface area contributed by atoms with Gasteiger partial charge in [0.25, 0.3) is 0 Å². The van der Waals surface area contributed by atoms with Gasteiger partial charge >= 0.3 is 5.97 Å². The second-order valence-corrected chi connectivity index (χ2v) is 9.95. The van der Waals surface area contributed by atoms with Gasteiger partial charge in [-0.1, -0.05) is 63.6 Å². The van der Waals surface area contributed by atoms with Gasteiger partial charge in [0.1, 0.15) is 5.82 Å². The fraction of sp³-hybridized carbons (Fsp3) is 0.345. The van der Waals surface area contributed by atoms with Gasteiger partial charge in [-0.2, -0.15) is 0 Å². The van der Waals surface area contributed by atoms with E-state index >= 15 is 0 Å². The number of para-hydroxylation sites is 1. The Morgan fingerprint density at radius 1 is 0.917 bits per heavy atom. The van der Waals surface area contributed by atoms with Gasteiger partial charge in [-0.25, -0.2) is 9.18 Å². The highest BCUT2D eigenvalue weighted by Crippen LogP contribution is 2.35. The van der Waals surface area contributed by atoms with E-state index in [4.69, 9.17) is 0 Å². The van der Waals surface area contributed by atoms with E-state index in [2.05, 4.69) is 43.2 Å². The van der Waals surface area contributed by atoms with E-state index < -0.39 is 18.1 Å². The van der Waals surface area contributed by atoms with Crippen LogP contribution in [0, 0.1) is 24.6 Å². The van der Waals surface area contributed by atoms with Crippen LogP contribution in [0.5, 0.6) is 0 Å². The summed E-state index contributed by atoms with van der Waals surface area (Å²) in [7, 11) is 0. The zero-order valence-electron chi connectivity index (χ0n) is 21.5. The molecule has 0 saturated heterocycles. The molecule has 0 fully saturated rings. The number of hydrogen-bond donors (Lipinski definition) is 4. The molecule has 3 aromatic carbocycles. The molecule has 0 aliphatic carbocycles. The Morgan fingerprint density at radius 3 is 2.17 bits per heavy atom. The van der Waals surface area contributed by atoms with E-state index in [-0.39, 0.29) is 11.3 Å². The van der Waals surface area contributed by atoms with E-state index in [0.29, 0.717) is 28.7 Å². The quantitative estimate of drug-likeness (QED) is 0.231. The Bertz CT molecular complexity index is 1190. The van der Waals surface area contributed by atoms with Gasteiger partial charge in [-0.3, -0.25) is 0 Å². The zero-order chi connectivity index (χ0) is 26.4. The summed E-state index contributed by atoms with van der Waals surface area (Å²) in [6.45, 7) is 12.1. The maximum Gasteiger partial charge on any atom is 0.336 e. The molecule has 192 valence electrons. The van der Waals surface area contributed by atoms with Gasteiger partial charge in [0.2, 0.25) is 6.35 Å². The fourth-order valence-electron chi connectivity index (χ4n) is 4.24. The minimum absolute atomic E-state index is 0.170. The number of nitrogens with zero attached hydrogens (tertiary/aromatic N) is 1. The lowest BCUT2D eigenvalue weighted by atomic mass is 9.96. The van der Waals surface area contributed by atoms with Gasteiger partial charge in [-0.15, -0.1) is 0 Å². The molecule has 36 heavy (non-hydrogen) atoms. The standard InChI is InChI=1S/C29H36FN3O3/c1-18(2)16-33(17-19(3)4)27-13-11-21(23-14-20(5)10-12-22(23)28(34)35)15-26(27)32-29(36)31-25-9-7-6-8-24(25)30/h6-15,18-19,29,31-32,36H,16-17H2,1-5H3,(H,34,35). The number of carboxylic acids is 1. The minimum Gasteiger partial charge on any atom is -0.478 e. The number of rotatable bonds is 11. The zero-order valence-corrected chi connectivity index (χ0v) is 21.5. The van der Waals surface area contributed by atoms with Crippen LogP contribution in [0.4, 0.5) is 21.5 Å². The van der Waals surface area contributed by atoms with Crippen molar-refractivity contribution in [3.63, 3.8) is 0 Å². The summed E-state index contributed by atoms with van der Waals surface area (Å²) in [5.74, 6) is -0.688. The van der Waals surface area contributed by atoms with Crippen LogP contribution >= 0.6 is 0 Å². The predicted molar refractivity (Wildman–Crippen MR) is 145 cm³/mol. The van der Waals surface area contributed by atoms with Crippen LogP contribution in [0.1, 0.15) is 43.6 Å². The highest BCUT2D eigenvalue weighted by Gasteiger charge is 2.19. The molecule has 0 bridgehead atoms. The van der Waals surface area contributed by atoms with Gasteiger partial charge in [0.15, 0.2) is 0 Å².